The molecule has 4 nitrogen and oxygen atoms in total. The molecule has 1 fully saturated rings. The van der Waals surface area contributed by atoms with E-state index in [0.717, 1.165) is 50.9 Å². The van der Waals surface area contributed by atoms with E-state index in [9.17, 15) is 9.59 Å². The fourth-order valence-corrected chi connectivity index (χ4v) is 3.22. The third-order valence-electron chi connectivity index (χ3n) is 5.35. The molecule has 2 amide bonds. The Hall–Kier alpha value is -1.06. The number of amides is 2. The highest BCUT2D eigenvalue weighted by Gasteiger charge is 2.32. The zero-order valence-corrected chi connectivity index (χ0v) is 14.8. The highest BCUT2D eigenvalue weighted by Crippen LogP contribution is 2.40. The molecule has 0 aliphatic heterocycles. The average Bonchev–Trinajstić information content (AvgIpc) is 2.51. The van der Waals surface area contributed by atoms with Gasteiger partial charge in [0.05, 0.1) is 0 Å². The molecule has 1 rings (SSSR count). The van der Waals surface area contributed by atoms with Crippen LogP contribution in [-0.4, -0.2) is 24.4 Å². The number of rotatable bonds is 7. The maximum Gasteiger partial charge on any atom is 0.309 e. The monoisotopic (exact) mass is 310 g/mol. The fraction of sp³-hybridized carbons (Fsp3) is 0.889. The maximum absolute atomic E-state index is 11.9. The zero-order valence-electron chi connectivity index (χ0n) is 14.8. The fourth-order valence-electron chi connectivity index (χ4n) is 3.22. The summed E-state index contributed by atoms with van der Waals surface area (Å²) in [5.41, 5.74) is 0.381. The summed E-state index contributed by atoms with van der Waals surface area (Å²) in [4.78, 5) is 23.6. The van der Waals surface area contributed by atoms with Gasteiger partial charge in [-0.05, 0) is 43.4 Å². The molecule has 1 aliphatic rings. The van der Waals surface area contributed by atoms with Crippen molar-refractivity contribution < 1.29 is 9.59 Å². The first kappa shape index (κ1) is 19.0. The van der Waals surface area contributed by atoms with Crippen LogP contribution in [0.3, 0.4) is 0 Å². The number of hydrogen-bond acceptors (Lipinski definition) is 2. The lowest BCUT2D eigenvalue weighted by atomic mass is 9.69. The van der Waals surface area contributed by atoms with Crippen molar-refractivity contribution in [2.24, 2.45) is 11.3 Å². The van der Waals surface area contributed by atoms with Crippen LogP contribution in [0.25, 0.3) is 0 Å². The normalized spacial score (nSPS) is 22.2. The number of hydrogen-bond donors (Lipinski definition) is 2. The van der Waals surface area contributed by atoms with Crippen LogP contribution in [0.1, 0.15) is 79.1 Å². The van der Waals surface area contributed by atoms with Gasteiger partial charge in [0, 0.05) is 12.6 Å². The quantitative estimate of drug-likeness (QED) is 0.559. The largest absolute Gasteiger partial charge is 0.348 e. The zero-order chi connectivity index (χ0) is 16.6. The van der Waals surface area contributed by atoms with E-state index in [1.807, 2.05) is 0 Å². The molecular weight excluding hydrogens is 276 g/mol. The molecule has 0 aromatic rings. The van der Waals surface area contributed by atoms with Crippen molar-refractivity contribution in [1.82, 2.24) is 10.6 Å². The van der Waals surface area contributed by atoms with Crippen molar-refractivity contribution in [2.45, 2.75) is 85.1 Å². The van der Waals surface area contributed by atoms with E-state index in [1.165, 1.54) is 6.42 Å². The third-order valence-corrected chi connectivity index (χ3v) is 5.35. The minimum atomic E-state index is -0.480. The van der Waals surface area contributed by atoms with Gasteiger partial charge in [-0.25, -0.2) is 0 Å². The van der Waals surface area contributed by atoms with E-state index in [1.54, 1.807) is 0 Å². The van der Waals surface area contributed by atoms with Crippen molar-refractivity contribution >= 4 is 11.8 Å². The van der Waals surface area contributed by atoms with E-state index in [4.69, 9.17) is 0 Å². The lowest BCUT2D eigenvalue weighted by Crippen LogP contribution is -2.46. The van der Waals surface area contributed by atoms with Gasteiger partial charge in [0.25, 0.3) is 0 Å². The summed E-state index contributed by atoms with van der Waals surface area (Å²) in [6, 6.07) is 0.165. The minimum Gasteiger partial charge on any atom is -0.348 e. The molecule has 0 spiro atoms. The summed E-state index contributed by atoms with van der Waals surface area (Å²) in [5, 5.41) is 5.60. The van der Waals surface area contributed by atoms with Gasteiger partial charge >= 0.3 is 11.8 Å². The second-order valence-corrected chi connectivity index (χ2v) is 7.33. The molecule has 0 aromatic carbocycles. The molecule has 0 unspecified atom stereocenters. The number of nitrogens with one attached hydrogen (secondary N) is 2. The molecule has 2 N–H and O–H groups in total. The van der Waals surface area contributed by atoms with Crippen LogP contribution < -0.4 is 10.6 Å². The van der Waals surface area contributed by atoms with Crippen LogP contribution in [-0.2, 0) is 9.59 Å². The summed E-state index contributed by atoms with van der Waals surface area (Å²) < 4.78 is 0. The molecule has 4 heteroatoms. The lowest BCUT2D eigenvalue weighted by Gasteiger charge is -2.39. The molecule has 1 saturated carbocycles. The lowest BCUT2D eigenvalue weighted by molar-refractivity contribution is -0.139. The van der Waals surface area contributed by atoms with Crippen molar-refractivity contribution in [3.63, 3.8) is 0 Å². The summed E-state index contributed by atoms with van der Waals surface area (Å²) in [6.07, 6.45) is 8.58. The van der Waals surface area contributed by atoms with Crippen molar-refractivity contribution in [3.05, 3.63) is 0 Å². The first-order chi connectivity index (χ1) is 10.4. The number of carbonyl (C=O) groups excluding carboxylic acids is 2. The van der Waals surface area contributed by atoms with Gasteiger partial charge in [-0.2, -0.15) is 0 Å². The topological polar surface area (TPSA) is 58.2 Å². The molecule has 128 valence electrons. The van der Waals surface area contributed by atoms with E-state index in [-0.39, 0.29) is 6.04 Å². The molecule has 0 heterocycles. The van der Waals surface area contributed by atoms with Crippen molar-refractivity contribution in [3.8, 4) is 0 Å². The van der Waals surface area contributed by atoms with Gasteiger partial charge in [-0.15, -0.1) is 0 Å². The van der Waals surface area contributed by atoms with Crippen LogP contribution in [0.5, 0.6) is 0 Å². The maximum atomic E-state index is 11.9. The van der Waals surface area contributed by atoms with Crippen LogP contribution in [0.4, 0.5) is 0 Å². The summed E-state index contributed by atoms with van der Waals surface area (Å²) in [6.45, 7) is 9.62. The minimum absolute atomic E-state index is 0.165. The van der Waals surface area contributed by atoms with Gasteiger partial charge in [0.2, 0.25) is 0 Å². The molecular formula is C18H34N2O2. The molecule has 0 saturated heterocycles. The predicted molar refractivity (Wildman–Crippen MR) is 90.5 cm³/mol. The second kappa shape index (κ2) is 9.16. The van der Waals surface area contributed by atoms with Crippen LogP contribution in [0.2, 0.25) is 0 Å². The number of unbranched alkanes of at least 4 members (excludes halogenated alkanes) is 2. The van der Waals surface area contributed by atoms with Crippen molar-refractivity contribution in [2.75, 3.05) is 6.54 Å². The van der Waals surface area contributed by atoms with Crippen LogP contribution in [0, 0.1) is 11.3 Å². The summed E-state index contributed by atoms with van der Waals surface area (Å²) in [7, 11) is 0. The second-order valence-electron chi connectivity index (χ2n) is 7.33. The van der Waals surface area contributed by atoms with Gasteiger partial charge in [-0.1, -0.05) is 47.0 Å². The third kappa shape index (κ3) is 5.98. The Bertz CT molecular complexity index is 358. The smallest absolute Gasteiger partial charge is 0.309 e. The highest BCUT2D eigenvalue weighted by molar-refractivity contribution is 6.35. The Morgan fingerprint density at radius 2 is 1.64 bits per heavy atom. The number of carbonyl (C=O) groups is 2. The van der Waals surface area contributed by atoms with Gasteiger partial charge in [-0.3, -0.25) is 9.59 Å². The molecule has 1 aliphatic carbocycles. The van der Waals surface area contributed by atoms with Gasteiger partial charge < -0.3 is 10.6 Å². The molecule has 0 bridgehead atoms. The Morgan fingerprint density at radius 3 is 2.18 bits per heavy atom. The highest BCUT2D eigenvalue weighted by atomic mass is 16.2. The van der Waals surface area contributed by atoms with Crippen LogP contribution >= 0.6 is 0 Å². The summed E-state index contributed by atoms with van der Waals surface area (Å²) in [5.74, 6) is -0.213. The summed E-state index contributed by atoms with van der Waals surface area (Å²) >= 11 is 0. The molecule has 0 aromatic heterocycles. The Kier molecular flexibility index (Phi) is 7.91. The standard InChI is InChI=1S/C18H34N2O2/c1-5-7-8-13-19-16(21)17(22)20-15-11-9-14(10-12-15)18(3,4)6-2/h14-15H,5-13H2,1-4H3,(H,19,21)(H,20,22). The first-order valence-electron chi connectivity index (χ1n) is 8.99. The van der Waals surface area contributed by atoms with Crippen molar-refractivity contribution in [1.29, 1.82) is 0 Å². The Morgan fingerprint density at radius 1 is 1.00 bits per heavy atom. The molecule has 0 atom stereocenters. The van der Waals surface area contributed by atoms with E-state index >= 15 is 0 Å². The van der Waals surface area contributed by atoms with Gasteiger partial charge in [0.15, 0.2) is 0 Å². The van der Waals surface area contributed by atoms with E-state index in [0.29, 0.717) is 12.0 Å². The predicted octanol–water partition coefficient (Wildman–Crippen LogP) is 3.40. The molecule has 0 radical (unpaired) electrons. The van der Waals surface area contributed by atoms with Gasteiger partial charge in [0.1, 0.15) is 0 Å². The van der Waals surface area contributed by atoms with E-state index < -0.39 is 11.8 Å². The first-order valence-corrected chi connectivity index (χ1v) is 8.99. The van der Waals surface area contributed by atoms with E-state index in [2.05, 4.69) is 38.3 Å². The molecule has 22 heavy (non-hydrogen) atoms. The SMILES string of the molecule is CCCCCNC(=O)C(=O)NC1CCC(C(C)(C)CC)CC1. The Balaban J connectivity index is 2.28. The average molecular weight is 310 g/mol. The Labute approximate surface area is 135 Å². The van der Waals surface area contributed by atoms with Crippen LogP contribution in [0.15, 0.2) is 0 Å².